The van der Waals surface area contributed by atoms with E-state index in [2.05, 4.69) is 16.5 Å². The van der Waals surface area contributed by atoms with Crippen molar-refractivity contribution in [1.29, 1.82) is 0 Å². The van der Waals surface area contributed by atoms with Crippen LogP contribution >= 0.6 is 34.2 Å². The summed E-state index contributed by atoms with van der Waals surface area (Å²) < 4.78 is 16.6. The van der Waals surface area contributed by atoms with Gasteiger partial charge in [-0.25, -0.2) is 9.37 Å². The summed E-state index contributed by atoms with van der Waals surface area (Å²) in [6, 6.07) is 3.39. The minimum absolute atomic E-state index is 0.174. The van der Waals surface area contributed by atoms with Crippen LogP contribution in [0, 0.1) is 14.8 Å². The molecule has 1 aliphatic carbocycles. The second-order valence-corrected chi connectivity index (χ2v) is 7.91. The maximum atomic E-state index is 13.9. The highest BCUT2D eigenvalue weighted by atomic mass is 127. The topological polar surface area (TPSA) is 17.8 Å². The van der Waals surface area contributed by atoms with Crippen LogP contribution in [0.25, 0.3) is 11.0 Å². The average Bonchev–Trinajstić information content (AvgIpc) is 2.67. The fourth-order valence-electron chi connectivity index (χ4n) is 2.93. The maximum absolute atomic E-state index is 13.9. The van der Waals surface area contributed by atoms with Gasteiger partial charge in [-0.05, 0) is 53.8 Å². The Kier molecular flexibility index (Phi) is 3.73. The summed E-state index contributed by atoms with van der Waals surface area (Å²) in [6.07, 6.45) is 3.71. The molecule has 1 unspecified atom stereocenters. The smallest absolute Gasteiger partial charge is 0.138 e. The molecule has 1 atom stereocenters. The molecule has 5 heteroatoms. The molecule has 0 N–H and O–H groups in total. The number of aromatic nitrogens is 2. The first kappa shape index (κ1) is 14.6. The fraction of sp³-hybridized carbons (Fsp3) is 0.533. The highest BCUT2D eigenvalue weighted by Crippen LogP contribution is 2.43. The van der Waals surface area contributed by atoms with Crippen LogP contribution in [-0.2, 0) is 6.54 Å². The quantitative estimate of drug-likeness (QED) is 0.501. The maximum Gasteiger partial charge on any atom is 0.138 e. The average molecular weight is 407 g/mol. The molecule has 1 saturated carbocycles. The van der Waals surface area contributed by atoms with Gasteiger partial charge in [0, 0.05) is 12.6 Å². The minimum atomic E-state index is -0.188. The molecule has 2 aromatic rings. The normalized spacial score (nSPS) is 19.1. The highest BCUT2D eigenvalue weighted by Gasteiger charge is 2.33. The molecule has 0 radical (unpaired) electrons. The van der Waals surface area contributed by atoms with Crippen molar-refractivity contribution in [3.8, 4) is 0 Å². The van der Waals surface area contributed by atoms with E-state index in [-0.39, 0.29) is 11.2 Å². The molecule has 20 heavy (non-hydrogen) atoms. The zero-order valence-electron chi connectivity index (χ0n) is 11.6. The van der Waals surface area contributed by atoms with Crippen molar-refractivity contribution in [2.75, 3.05) is 0 Å². The van der Waals surface area contributed by atoms with E-state index in [1.54, 1.807) is 12.1 Å². The molecule has 2 nitrogen and oxygen atoms in total. The Hall–Kier alpha value is -0.360. The molecule has 0 aliphatic heterocycles. The van der Waals surface area contributed by atoms with Crippen LogP contribution in [-0.4, -0.2) is 9.55 Å². The van der Waals surface area contributed by atoms with Crippen LogP contribution < -0.4 is 0 Å². The Morgan fingerprint density at radius 3 is 2.75 bits per heavy atom. The summed E-state index contributed by atoms with van der Waals surface area (Å²) in [5.41, 5.74) is 1.99. The van der Waals surface area contributed by atoms with E-state index in [9.17, 15) is 4.39 Å². The van der Waals surface area contributed by atoms with Crippen LogP contribution in [0.1, 0.15) is 44.3 Å². The van der Waals surface area contributed by atoms with Crippen LogP contribution in [0.5, 0.6) is 0 Å². The first-order valence-corrected chi connectivity index (χ1v) is 8.40. The number of hydrogen-bond donors (Lipinski definition) is 0. The third kappa shape index (κ3) is 2.45. The molecule has 0 bridgehead atoms. The van der Waals surface area contributed by atoms with Gasteiger partial charge in [0.2, 0.25) is 0 Å². The van der Waals surface area contributed by atoms with Gasteiger partial charge in [-0.3, -0.25) is 0 Å². The molecule has 1 aromatic heterocycles. The number of alkyl halides is 1. The van der Waals surface area contributed by atoms with E-state index in [1.165, 1.54) is 19.3 Å². The number of fused-ring (bicyclic) bond motifs is 1. The van der Waals surface area contributed by atoms with E-state index in [4.69, 9.17) is 11.6 Å². The van der Waals surface area contributed by atoms with Gasteiger partial charge in [-0.15, -0.1) is 11.6 Å². The second-order valence-electron chi connectivity index (χ2n) is 6.09. The molecule has 0 amide bonds. The summed E-state index contributed by atoms with van der Waals surface area (Å²) >= 11 is 8.27. The van der Waals surface area contributed by atoms with Crippen LogP contribution in [0.4, 0.5) is 4.39 Å². The zero-order valence-corrected chi connectivity index (χ0v) is 14.5. The van der Waals surface area contributed by atoms with Crippen molar-refractivity contribution in [3.63, 3.8) is 0 Å². The van der Waals surface area contributed by atoms with E-state index in [0.29, 0.717) is 8.99 Å². The van der Waals surface area contributed by atoms with Crippen molar-refractivity contribution in [3.05, 3.63) is 27.3 Å². The highest BCUT2D eigenvalue weighted by molar-refractivity contribution is 14.1. The number of halogens is 3. The molecule has 3 rings (SSSR count). The van der Waals surface area contributed by atoms with Crippen LogP contribution in [0.3, 0.4) is 0 Å². The van der Waals surface area contributed by atoms with Gasteiger partial charge in [0.05, 0.1) is 20.0 Å². The van der Waals surface area contributed by atoms with Crippen molar-refractivity contribution < 1.29 is 4.39 Å². The van der Waals surface area contributed by atoms with Crippen molar-refractivity contribution >= 4 is 45.2 Å². The lowest BCUT2D eigenvalue weighted by molar-refractivity contribution is 0.132. The lowest BCUT2D eigenvalue weighted by Crippen LogP contribution is -2.31. The molecule has 0 spiro atoms. The van der Waals surface area contributed by atoms with Gasteiger partial charge in [-0.2, -0.15) is 0 Å². The van der Waals surface area contributed by atoms with E-state index in [1.807, 2.05) is 29.5 Å². The first-order valence-electron chi connectivity index (χ1n) is 6.89. The van der Waals surface area contributed by atoms with Gasteiger partial charge in [0.15, 0.2) is 0 Å². The van der Waals surface area contributed by atoms with Gasteiger partial charge < -0.3 is 4.57 Å². The minimum Gasteiger partial charge on any atom is -0.326 e. The molecular weight excluding hydrogens is 390 g/mol. The lowest BCUT2D eigenvalue weighted by Gasteiger charge is -2.39. The first-order chi connectivity index (χ1) is 9.39. The summed E-state index contributed by atoms with van der Waals surface area (Å²) in [7, 11) is 0. The molecule has 108 valence electrons. The Labute approximate surface area is 136 Å². The second kappa shape index (κ2) is 5.13. The van der Waals surface area contributed by atoms with Gasteiger partial charge >= 0.3 is 0 Å². The number of benzene rings is 1. The Morgan fingerprint density at radius 2 is 2.20 bits per heavy atom. The Balaban J connectivity index is 2.15. The van der Waals surface area contributed by atoms with Gasteiger partial charge in [0.1, 0.15) is 11.6 Å². The summed E-state index contributed by atoms with van der Waals surface area (Å²) in [5, 5.41) is -0.174. The standard InChI is InChI=1S/C15H17ClFIN2/c1-9(16)14-19-12-7-11(18)10(17)6-13(12)20(14)8-15(2)4-3-5-15/h6-7,9H,3-5,8H2,1-2H3. The predicted octanol–water partition coefficient (Wildman–Crippen LogP) is 5.27. The molecular formula is C15H17ClFIN2. The lowest BCUT2D eigenvalue weighted by atomic mass is 9.70. The van der Waals surface area contributed by atoms with Gasteiger partial charge in [0.25, 0.3) is 0 Å². The number of nitrogens with zero attached hydrogens (tertiary/aromatic N) is 2. The van der Waals surface area contributed by atoms with Crippen molar-refractivity contribution in [2.24, 2.45) is 5.41 Å². The van der Waals surface area contributed by atoms with Gasteiger partial charge in [-0.1, -0.05) is 13.3 Å². The van der Waals surface area contributed by atoms with E-state index < -0.39 is 0 Å². The van der Waals surface area contributed by atoms with Crippen molar-refractivity contribution in [2.45, 2.75) is 45.0 Å². The summed E-state index contributed by atoms with van der Waals surface area (Å²) in [6.45, 7) is 5.08. The van der Waals surface area contributed by atoms with E-state index >= 15 is 0 Å². The number of rotatable bonds is 3. The zero-order chi connectivity index (χ0) is 14.5. The molecule has 1 aromatic carbocycles. The summed E-state index contributed by atoms with van der Waals surface area (Å²) in [5.74, 6) is 0.656. The van der Waals surface area contributed by atoms with Crippen molar-refractivity contribution in [1.82, 2.24) is 9.55 Å². The largest absolute Gasteiger partial charge is 0.326 e. The predicted molar refractivity (Wildman–Crippen MR) is 88.6 cm³/mol. The number of hydrogen-bond acceptors (Lipinski definition) is 1. The Morgan fingerprint density at radius 1 is 1.50 bits per heavy atom. The fourth-order valence-corrected chi connectivity index (χ4v) is 3.55. The monoisotopic (exact) mass is 406 g/mol. The molecule has 1 heterocycles. The third-order valence-electron chi connectivity index (χ3n) is 4.28. The summed E-state index contributed by atoms with van der Waals surface area (Å²) in [4.78, 5) is 4.62. The molecule has 0 saturated heterocycles. The van der Waals surface area contributed by atoms with Crippen LogP contribution in [0.15, 0.2) is 12.1 Å². The SMILES string of the molecule is CC(Cl)c1nc2cc(I)c(F)cc2n1CC1(C)CCC1. The number of imidazole rings is 1. The van der Waals surface area contributed by atoms with Crippen LogP contribution in [0.2, 0.25) is 0 Å². The molecule has 1 aliphatic rings. The van der Waals surface area contributed by atoms with E-state index in [0.717, 1.165) is 23.4 Å². The third-order valence-corrected chi connectivity index (χ3v) is 5.30. The Bertz CT molecular complexity index is 661. The molecule has 1 fully saturated rings.